The van der Waals surface area contributed by atoms with E-state index in [0.717, 1.165) is 16.9 Å². The Morgan fingerprint density at radius 3 is 1.67 bits per heavy atom. The first kappa shape index (κ1) is 15.7. The molecule has 0 aliphatic carbocycles. The molecule has 6 heavy (non-hydrogen) atoms. The second-order valence-electron chi connectivity index (χ2n) is 0.305. The van der Waals surface area contributed by atoms with Crippen molar-refractivity contribution in [1.29, 1.82) is 0 Å². The van der Waals surface area contributed by atoms with Crippen LogP contribution in [-0.2, 0) is 0 Å². The van der Waals surface area contributed by atoms with Crippen molar-refractivity contribution in [1.82, 2.24) is 0 Å². The topological polar surface area (TPSA) is 37.3 Å². The monoisotopic (exact) mass is 277 g/mol. The zero-order valence-electron chi connectivity index (χ0n) is 3.06. The van der Waals surface area contributed by atoms with Crippen LogP contribution in [0.3, 0.4) is 0 Å². The van der Waals surface area contributed by atoms with E-state index < -0.39 is 4.76 Å². The molecule has 37 valence electrons. The van der Waals surface area contributed by atoms with Gasteiger partial charge in [0.25, 0.3) is 0 Å². The SMILES string of the molecule is O=C(O)[AsH].P.[SbH]. The Bertz CT molecular complexity index is 36.5. The third kappa shape index (κ3) is 59.2. The van der Waals surface area contributed by atoms with E-state index in [4.69, 9.17) is 9.90 Å². The zero-order chi connectivity index (χ0) is 3.58. The fourth-order valence-electron chi connectivity index (χ4n) is 0. The Morgan fingerprint density at radius 2 is 1.67 bits per heavy atom. The minimum absolute atomic E-state index is 0. The Kier molecular flexibility index (Phi) is 25.0. The number of carboxylic acid groups (broad SMARTS) is 1. The fourth-order valence-corrected chi connectivity index (χ4v) is 0. The molecule has 0 fully saturated rings. The summed E-state index contributed by atoms with van der Waals surface area (Å²) in [5, 5.41) is 7.42. The van der Waals surface area contributed by atoms with Gasteiger partial charge in [-0.3, -0.25) is 0 Å². The van der Waals surface area contributed by atoms with Crippen LogP contribution in [0.4, 0.5) is 4.79 Å². The van der Waals surface area contributed by atoms with Crippen LogP contribution in [0.5, 0.6) is 0 Å². The van der Waals surface area contributed by atoms with E-state index in [1.807, 2.05) is 0 Å². The van der Waals surface area contributed by atoms with Gasteiger partial charge in [-0.2, -0.15) is 9.90 Å². The molecule has 0 spiro atoms. The normalized spacial score (nSPS) is 4.17. The van der Waals surface area contributed by atoms with Crippen LogP contribution in [0.15, 0.2) is 0 Å². The summed E-state index contributed by atoms with van der Waals surface area (Å²) in [6.07, 6.45) is 0. The molecule has 0 saturated carbocycles. The van der Waals surface area contributed by atoms with E-state index in [0.29, 0.717) is 0 Å². The summed E-state index contributed by atoms with van der Waals surface area (Å²) < 4.78 is -0.833. The Morgan fingerprint density at radius 1 is 1.67 bits per heavy atom. The van der Waals surface area contributed by atoms with Gasteiger partial charge < -0.3 is 0 Å². The maximum atomic E-state index is 9.00. The molecule has 0 heterocycles. The molecule has 2 nitrogen and oxygen atoms in total. The Hall–Kier alpha value is 1.28. The van der Waals surface area contributed by atoms with Gasteiger partial charge >= 0.3 is 55.9 Å². The van der Waals surface area contributed by atoms with Crippen LogP contribution in [0.25, 0.3) is 0 Å². The van der Waals surface area contributed by atoms with Gasteiger partial charge in [-0.15, -0.1) is 0 Å². The van der Waals surface area contributed by atoms with E-state index in [9.17, 15) is 0 Å². The first-order chi connectivity index (χ1) is 1.73. The molecule has 1 atom stereocenters. The molecular formula is CH6AsO2PSb. The molecule has 1 unspecified atom stereocenters. The molecule has 0 saturated heterocycles. The van der Waals surface area contributed by atoms with E-state index in [2.05, 4.69) is 0 Å². The first-order valence-electron chi connectivity index (χ1n) is 0.678. The molecule has 5 heteroatoms. The van der Waals surface area contributed by atoms with Crippen molar-refractivity contribution in [3.8, 4) is 0 Å². The van der Waals surface area contributed by atoms with Gasteiger partial charge in [-0.1, -0.05) is 0 Å². The van der Waals surface area contributed by atoms with E-state index in [-0.39, 0.29) is 34.3 Å². The van der Waals surface area contributed by atoms with Gasteiger partial charge in [0, 0.05) is 0 Å². The predicted molar refractivity (Wildman–Crippen MR) is 33.4 cm³/mol. The van der Waals surface area contributed by atoms with Crippen LogP contribution < -0.4 is 0 Å². The molecule has 1 N–H and O–H groups in total. The third-order valence-electron chi connectivity index (χ3n) is 0. The van der Waals surface area contributed by atoms with Gasteiger partial charge in [-0.05, 0) is 0 Å². The van der Waals surface area contributed by atoms with E-state index in [1.54, 1.807) is 0 Å². The molecule has 0 aromatic carbocycles. The molecule has 0 bridgehead atoms. The van der Waals surface area contributed by atoms with Crippen molar-refractivity contribution >= 4 is 55.9 Å². The van der Waals surface area contributed by atoms with Gasteiger partial charge in [0.2, 0.25) is 0 Å². The second-order valence-corrected chi connectivity index (χ2v) is 1.20. The van der Waals surface area contributed by atoms with E-state index in [1.165, 1.54) is 0 Å². The van der Waals surface area contributed by atoms with Gasteiger partial charge in [0.1, 0.15) is 0 Å². The predicted octanol–water partition coefficient (Wildman–Crippen LogP) is -1.03. The summed E-state index contributed by atoms with van der Waals surface area (Å²) in [5.41, 5.74) is 0. The zero-order valence-corrected chi connectivity index (χ0v) is 9.43. The molecule has 0 aliphatic rings. The van der Waals surface area contributed by atoms with Crippen molar-refractivity contribution < 1.29 is 9.90 Å². The second kappa shape index (κ2) is 9.56. The van der Waals surface area contributed by atoms with Gasteiger partial charge in [0.15, 0.2) is 0 Å². The molecule has 0 aromatic rings. The molecular weight excluding hydrogens is 272 g/mol. The number of carbonyl (C=O) groups is 1. The Labute approximate surface area is 65.6 Å². The quantitative estimate of drug-likeness (QED) is 0.454. The average Bonchev–Trinajstić information content (AvgIpc) is 0.811. The summed E-state index contributed by atoms with van der Waals surface area (Å²) in [7, 11) is 0. The standard InChI is InChI=1S/CH2AsO2.H3P.Sb.H/c2-1(3)4;;;/h2H,(H,3,4);1H3;;. The van der Waals surface area contributed by atoms with Crippen molar-refractivity contribution in [3.05, 3.63) is 0 Å². The molecule has 0 rings (SSSR count). The van der Waals surface area contributed by atoms with Crippen LogP contribution in [0, 0.1) is 0 Å². The van der Waals surface area contributed by atoms with Crippen LogP contribution >= 0.6 is 9.90 Å². The van der Waals surface area contributed by atoms with E-state index >= 15 is 0 Å². The third-order valence-corrected chi connectivity index (χ3v) is 0. The fraction of sp³-hybridized carbons (Fsp3) is 0. The number of hydrogen-bond acceptors (Lipinski definition) is 1. The van der Waals surface area contributed by atoms with Crippen LogP contribution in [-0.4, -0.2) is 51.1 Å². The molecule has 0 aliphatic heterocycles. The van der Waals surface area contributed by atoms with Gasteiger partial charge in [-0.25, -0.2) is 0 Å². The molecule has 0 amide bonds. The van der Waals surface area contributed by atoms with Crippen molar-refractivity contribution in [2.75, 3.05) is 0 Å². The maximum absolute atomic E-state index is 9.00. The van der Waals surface area contributed by atoms with Gasteiger partial charge in [0.05, 0.1) is 0 Å². The Balaban J connectivity index is -0.0000000450. The summed E-state index contributed by atoms with van der Waals surface area (Å²) in [6, 6.07) is 0. The van der Waals surface area contributed by atoms with Crippen LogP contribution in [0.2, 0.25) is 0 Å². The molecule has 0 aromatic heterocycles. The van der Waals surface area contributed by atoms with Crippen molar-refractivity contribution in [3.63, 3.8) is 0 Å². The van der Waals surface area contributed by atoms with Crippen LogP contribution in [0.1, 0.15) is 0 Å². The summed E-state index contributed by atoms with van der Waals surface area (Å²) in [6.45, 7) is 0. The average molecular weight is 278 g/mol. The van der Waals surface area contributed by atoms with Crippen molar-refractivity contribution in [2.24, 2.45) is 0 Å². The molecule has 3 radical (unpaired) electrons. The van der Waals surface area contributed by atoms with Crippen molar-refractivity contribution in [2.45, 2.75) is 0 Å². The summed E-state index contributed by atoms with van der Waals surface area (Å²) in [5.74, 6) is 0. The number of hydrogen-bond donors (Lipinski definition) is 1. The summed E-state index contributed by atoms with van der Waals surface area (Å²) >= 11 is 1.08. The number of rotatable bonds is 0. The summed E-state index contributed by atoms with van der Waals surface area (Å²) in [4.78, 5) is 9.00. The first-order valence-corrected chi connectivity index (χ1v) is 1.73. The minimum atomic E-state index is -0.833.